The van der Waals surface area contributed by atoms with Crippen molar-refractivity contribution in [2.75, 3.05) is 19.6 Å². The molecule has 2 fully saturated rings. The van der Waals surface area contributed by atoms with E-state index in [-0.39, 0.29) is 5.91 Å². The lowest BCUT2D eigenvalue weighted by atomic mass is 10.1. The molecule has 0 bridgehead atoms. The van der Waals surface area contributed by atoms with Crippen LogP contribution in [0.4, 0.5) is 0 Å². The molecule has 1 amide bonds. The Bertz CT molecular complexity index is 508. The number of aryl methyl sites for hydroxylation is 1. The maximum absolute atomic E-state index is 12.0. The molecule has 1 saturated heterocycles. The molecule has 1 aromatic rings. The third-order valence-corrected chi connectivity index (χ3v) is 5.06. The highest BCUT2D eigenvalue weighted by molar-refractivity contribution is 5.73. The number of oxazole rings is 1. The largest absolute Gasteiger partial charge is 0.444 e. The summed E-state index contributed by atoms with van der Waals surface area (Å²) in [5.41, 5.74) is 0. The first-order valence-electron chi connectivity index (χ1n) is 8.52. The summed E-state index contributed by atoms with van der Waals surface area (Å²) in [5, 5.41) is 0. The lowest BCUT2D eigenvalue weighted by molar-refractivity contribution is -0.132. The minimum atomic E-state index is 0.114. The molecule has 1 aromatic heterocycles. The van der Waals surface area contributed by atoms with Crippen LogP contribution in [-0.2, 0) is 11.3 Å². The van der Waals surface area contributed by atoms with Crippen molar-refractivity contribution in [1.29, 1.82) is 0 Å². The van der Waals surface area contributed by atoms with Gasteiger partial charge in [-0.25, -0.2) is 4.98 Å². The van der Waals surface area contributed by atoms with Crippen LogP contribution in [0.5, 0.6) is 0 Å². The fraction of sp³-hybridized carbons (Fsp3) is 0.765. The molecule has 1 unspecified atom stereocenters. The Balaban J connectivity index is 1.57. The molecule has 2 heterocycles. The summed E-state index contributed by atoms with van der Waals surface area (Å²) >= 11 is 0. The summed E-state index contributed by atoms with van der Waals surface area (Å²) in [7, 11) is 0. The standard InChI is InChI=1S/C17H27N3O2/c1-13-9-18-17(22-13)12-20(14(2)21)16-7-8-19(11-16)10-15-5-3-4-6-15/h9,15-16H,3-8,10-12H2,1-2H3. The number of rotatable bonds is 5. The van der Waals surface area contributed by atoms with Crippen molar-refractivity contribution in [3.63, 3.8) is 0 Å². The zero-order valence-electron chi connectivity index (χ0n) is 13.8. The summed E-state index contributed by atoms with van der Waals surface area (Å²) in [6, 6.07) is 0.297. The Morgan fingerprint density at radius 3 is 2.82 bits per heavy atom. The molecular formula is C17H27N3O2. The second kappa shape index (κ2) is 6.82. The molecule has 5 nitrogen and oxygen atoms in total. The van der Waals surface area contributed by atoms with Crippen molar-refractivity contribution in [2.45, 2.75) is 58.5 Å². The van der Waals surface area contributed by atoms with Gasteiger partial charge in [-0.3, -0.25) is 4.79 Å². The highest BCUT2D eigenvalue weighted by Gasteiger charge is 2.31. The molecular weight excluding hydrogens is 278 g/mol. The van der Waals surface area contributed by atoms with Gasteiger partial charge in [0.15, 0.2) is 0 Å². The quantitative estimate of drug-likeness (QED) is 0.839. The van der Waals surface area contributed by atoms with Gasteiger partial charge in [0, 0.05) is 32.6 Å². The van der Waals surface area contributed by atoms with Gasteiger partial charge in [0.05, 0.1) is 12.7 Å². The van der Waals surface area contributed by atoms with Crippen LogP contribution in [-0.4, -0.2) is 46.4 Å². The van der Waals surface area contributed by atoms with Crippen LogP contribution in [0, 0.1) is 12.8 Å². The van der Waals surface area contributed by atoms with Crippen LogP contribution in [0.3, 0.4) is 0 Å². The van der Waals surface area contributed by atoms with E-state index < -0.39 is 0 Å². The van der Waals surface area contributed by atoms with E-state index in [1.54, 1.807) is 13.1 Å². The minimum absolute atomic E-state index is 0.114. The van der Waals surface area contributed by atoms with E-state index in [1.807, 2.05) is 11.8 Å². The van der Waals surface area contributed by atoms with Crippen LogP contribution in [0.2, 0.25) is 0 Å². The molecule has 1 atom stereocenters. The van der Waals surface area contributed by atoms with E-state index in [9.17, 15) is 4.79 Å². The van der Waals surface area contributed by atoms with Crippen molar-refractivity contribution >= 4 is 5.91 Å². The smallest absolute Gasteiger partial charge is 0.220 e. The molecule has 0 spiro atoms. The van der Waals surface area contributed by atoms with E-state index in [0.29, 0.717) is 18.5 Å². The number of likely N-dealkylation sites (tertiary alicyclic amines) is 1. The van der Waals surface area contributed by atoms with Crippen LogP contribution in [0.15, 0.2) is 10.6 Å². The summed E-state index contributed by atoms with van der Waals surface area (Å²) < 4.78 is 5.54. The molecule has 0 N–H and O–H groups in total. The Morgan fingerprint density at radius 1 is 1.41 bits per heavy atom. The van der Waals surface area contributed by atoms with E-state index in [2.05, 4.69) is 9.88 Å². The lowest BCUT2D eigenvalue weighted by Gasteiger charge is -2.27. The predicted molar refractivity (Wildman–Crippen MR) is 84.3 cm³/mol. The lowest BCUT2D eigenvalue weighted by Crippen LogP contribution is -2.40. The maximum Gasteiger partial charge on any atom is 0.220 e. The molecule has 1 saturated carbocycles. The zero-order valence-corrected chi connectivity index (χ0v) is 13.8. The van der Waals surface area contributed by atoms with Gasteiger partial charge in [-0.05, 0) is 32.1 Å². The first-order valence-corrected chi connectivity index (χ1v) is 8.52. The van der Waals surface area contributed by atoms with Crippen LogP contribution in [0.1, 0.15) is 50.7 Å². The normalized spacial score (nSPS) is 23.3. The average Bonchev–Trinajstić information content (AvgIpc) is 3.19. The third kappa shape index (κ3) is 3.69. The van der Waals surface area contributed by atoms with E-state index in [1.165, 1.54) is 32.2 Å². The van der Waals surface area contributed by atoms with Crippen LogP contribution in [0.25, 0.3) is 0 Å². The SMILES string of the molecule is CC(=O)N(Cc1ncc(C)o1)C1CCN(CC2CCCC2)C1. The highest BCUT2D eigenvalue weighted by Crippen LogP contribution is 2.27. The molecule has 5 heteroatoms. The van der Waals surface area contributed by atoms with Crippen molar-refractivity contribution in [1.82, 2.24) is 14.8 Å². The number of aromatic nitrogens is 1. The first-order chi connectivity index (χ1) is 10.6. The number of amides is 1. The van der Waals surface area contributed by atoms with Crippen molar-refractivity contribution in [2.24, 2.45) is 5.92 Å². The minimum Gasteiger partial charge on any atom is -0.444 e. The number of hydrogen-bond donors (Lipinski definition) is 0. The first kappa shape index (κ1) is 15.5. The Hall–Kier alpha value is -1.36. The molecule has 0 aromatic carbocycles. The number of carbonyl (C=O) groups excluding carboxylic acids is 1. The summed E-state index contributed by atoms with van der Waals surface area (Å²) in [6.07, 6.45) is 8.33. The second-order valence-electron chi connectivity index (χ2n) is 6.86. The van der Waals surface area contributed by atoms with Crippen molar-refractivity contribution in [3.05, 3.63) is 17.8 Å². The Kier molecular flexibility index (Phi) is 4.81. The molecule has 2 aliphatic rings. The van der Waals surface area contributed by atoms with E-state index >= 15 is 0 Å². The van der Waals surface area contributed by atoms with Gasteiger partial charge in [0.1, 0.15) is 5.76 Å². The molecule has 122 valence electrons. The summed E-state index contributed by atoms with van der Waals surface area (Å²) in [4.78, 5) is 20.7. The van der Waals surface area contributed by atoms with Gasteiger partial charge >= 0.3 is 0 Å². The topological polar surface area (TPSA) is 49.6 Å². The Morgan fingerprint density at radius 2 is 2.18 bits per heavy atom. The van der Waals surface area contributed by atoms with E-state index in [0.717, 1.165) is 31.2 Å². The summed E-state index contributed by atoms with van der Waals surface area (Å²) in [5.74, 6) is 2.43. The van der Waals surface area contributed by atoms with E-state index in [4.69, 9.17) is 4.42 Å². The molecule has 1 aliphatic heterocycles. The fourth-order valence-electron chi connectivity index (χ4n) is 3.91. The zero-order chi connectivity index (χ0) is 15.5. The third-order valence-electron chi connectivity index (χ3n) is 5.06. The second-order valence-corrected chi connectivity index (χ2v) is 6.86. The van der Waals surface area contributed by atoms with Crippen molar-refractivity contribution < 1.29 is 9.21 Å². The number of carbonyl (C=O) groups is 1. The molecule has 0 radical (unpaired) electrons. The predicted octanol–water partition coefficient (Wildman–Crippen LogP) is 2.60. The van der Waals surface area contributed by atoms with Gasteiger partial charge in [-0.15, -0.1) is 0 Å². The van der Waals surface area contributed by atoms with Gasteiger partial charge in [0.2, 0.25) is 11.8 Å². The monoisotopic (exact) mass is 305 g/mol. The fourth-order valence-corrected chi connectivity index (χ4v) is 3.91. The number of nitrogens with zero attached hydrogens (tertiary/aromatic N) is 3. The molecule has 3 rings (SSSR count). The van der Waals surface area contributed by atoms with Gasteiger partial charge < -0.3 is 14.2 Å². The van der Waals surface area contributed by atoms with Gasteiger partial charge in [-0.2, -0.15) is 0 Å². The number of hydrogen-bond acceptors (Lipinski definition) is 4. The Labute approximate surface area is 132 Å². The molecule has 22 heavy (non-hydrogen) atoms. The summed E-state index contributed by atoms with van der Waals surface area (Å²) in [6.45, 7) is 7.33. The van der Waals surface area contributed by atoms with Gasteiger partial charge in [0.25, 0.3) is 0 Å². The van der Waals surface area contributed by atoms with Gasteiger partial charge in [-0.1, -0.05) is 12.8 Å². The van der Waals surface area contributed by atoms with Crippen LogP contribution < -0.4 is 0 Å². The highest BCUT2D eigenvalue weighted by atomic mass is 16.4. The van der Waals surface area contributed by atoms with Crippen molar-refractivity contribution in [3.8, 4) is 0 Å². The van der Waals surface area contributed by atoms with Crippen LogP contribution >= 0.6 is 0 Å². The molecule has 1 aliphatic carbocycles. The maximum atomic E-state index is 12.0. The average molecular weight is 305 g/mol.